The Hall–Kier alpha value is -3.71. The second kappa shape index (κ2) is 9.83. The van der Waals surface area contributed by atoms with E-state index in [1.165, 1.54) is 5.56 Å². The maximum Gasteiger partial charge on any atom is 0.257 e. The summed E-state index contributed by atoms with van der Waals surface area (Å²) < 4.78 is 11.1. The number of hydrogen-bond donors (Lipinski definition) is 2. The van der Waals surface area contributed by atoms with Gasteiger partial charge in [-0.25, -0.2) is 4.98 Å². The van der Waals surface area contributed by atoms with Crippen molar-refractivity contribution in [1.82, 2.24) is 15.6 Å². The van der Waals surface area contributed by atoms with Crippen LogP contribution in [0.15, 0.2) is 71.1 Å². The first-order chi connectivity index (χ1) is 15.9. The number of nitrogens with one attached hydrogen (secondary N) is 2. The molecule has 0 aliphatic carbocycles. The van der Waals surface area contributed by atoms with Gasteiger partial charge in [0.05, 0.1) is 7.11 Å². The van der Waals surface area contributed by atoms with Crippen LogP contribution in [0.4, 0.5) is 0 Å². The summed E-state index contributed by atoms with van der Waals surface area (Å²) in [6.07, 6.45) is 0. The van der Waals surface area contributed by atoms with E-state index in [-0.39, 0.29) is 11.0 Å². The first kappa shape index (κ1) is 22.5. The number of nitrogens with zero attached hydrogens (tertiary/aromatic N) is 1. The number of rotatable bonds is 6. The lowest BCUT2D eigenvalue weighted by molar-refractivity contribution is 0.0976. The zero-order valence-electron chi connectivity index (χ0n) is 18.7. The molecular weight excluding hydrogens is 434 g/mol. The summed E-state index contributed by atoms with van der Waals surface area (Å²) in [4.78, 5) is 17.0. The van der Waals surface area contributed by atoms with Crippen molar-refractivity contribution >= 4 is 34.3 Å². The molecule has 33 heavy (non-hydrogen) atoms. The van der Waals surface area contributed by atoms with Gasteiger partial charge in [0.2, 0.25) is 5.89 Å². The monoisotopic (exact) mass is 459 g/mol. The first-order valence-electron chi connectivity index (χ1n) is 10.7. The Kier molecular flexibility index (Phi) is 6.70. The molecule has 168 valence electrons. The lowest BCUT2D eigenvalue weighted by Crippen LogP contribution is -2.38. The average molecular weight is 460 g/mol. The molecule has 0 saturated carbocycles. The fraction of sp³-hybridized carbons (Fsp3) is 0.192. The molecular formula is C26H25N3O3S. The number of carbonyl (C=O) groups excluding carboxylic acids is 1. The third-order valence-corrected chi connectivity index (χ3v) is 5.54. The topological polar surface area (TPSA) is 76.4 Å². The highest BCUT2D eigenvalue weighted by atomic mass is 32.1. The van der Waals surface area contributed by atoms with Gasteiger partial charge in [-0.1, -0.05) is 38.1 Å². The molecule has 4 aromatic rings. The smallest absolute Gasteiger partial charge is 0.257 e. The highest BCUT2D eigenvalue weighted by Gasteiger charge is 2.11. The summed E-state index contributed by atoms with van der Waals surface area (Å²) in [5, 5.41) is 5.99. The van der Waals surface area contributed by atoms with E-state index in [4.69, 9.17) is 21.4 Å². The van der Waals surface area contributed by atoms with E-state index in [1.807, 2.05) is 30.3 Å². The minimum atomic E-state index is -0.293. The van der Waals surface area contributed by atoms with Crippen LogP contribution in [0.25, 0.3) is 22.6 Å². The predicted octanol–water partition coefficient (Wildman–Crippen LogP) is 5.43. The van der Waals surface area contributed by atoms with Crippen molar-refractivity contribution in [3.63, 3.8) is 0 Å². The van der Waals surface area contributed by atoms with Crippen LogP contribution in [0.5, 0.6) is 5.75 Å². The molecule has 0 aliphatic heterocycles. The minimum absolute atomic E-state index is 0.256. The predicted molar refractivity (Wildman–Crippen MR) is 133 cm³/mol. The van der Waals surface area contributed by atoms with Crippen LogP contribution in [-0.4, -0.2) is 23.1 Å². The van der Waals surface area contributed by atoms with E-state index in [0.29, 0.717) is 29.7 Å². The van der Waals surface area contributed by atoms with Gasteiger partial charge in [0.1, 0.15) is 11.3 Å². The number of oxazole rings is 1. The van der Waals surface area contributed by atoms with Crippen molar-refractivity contribution in [2.75, 3.05) is 7.11 Å². The maximum atomic E-state index is 12.4. The zero-order chi connectivity index (χ0) is 23.4. The van der Waals surface area contributed by atoms with Gasteiger partial charge in [0.15, 0.2) is 10.7 Å². The molecule has 1 aromatic heterocycles. The lowest BCUT2D eigenvalue weighted by Gasteiger charge is -2.10. The maximum absolute atomic E-state index is 12.4. The van der Waals surface area contributed by atoms with Gasteiger partial charge < -0.3 is 14.5 Å². The van der Waals surface area contributed by atoms with E-state index in [2.05, 4.69) is 41.6 Å². The number of carbonyl (C=O) groups is 1. The number of fused-ring (bicyclic) bond motifs is 1. The van der Waals surface area contributed by atoms with Crippen molar-refractivity contribution in [3.8, 4) is 17.2 Å². The van der Waals surface area contributed by atoms with E-state index in [9.17, 15) is 4.79 Å². The number of ether oxygens (including phenoxy) is 1. The Morgan fingerprint density at radius 3 is 2.61 bits per heavy atom. The molecule has 4 rings (SSSR count). The van der Waals surface area contributed by atoms with E-state index in [1.54, 1.807) is 31.4 Å². The van der Waals surface area contributed by atoms with Gasteiger partial charge in [-0.3, -0.25) is 10.1 Å². The fourth-order valence-electron chi connectivity index (χ4n) is 3.36. The number of thiocarbonyl (C=S) groups is 1. The second-order valence-electron chi connectivity index (χ2n) is 7.97. The van der Waals surface area contributed by atoms with Crippen LogP contribution in [0, 0.1) is 0 Å². The molecule has 0 fully saturated rings. The summed E-state index contributed by atoms with van der Waals surface area (Å²) in [6, 6.07) is 20.9. The molecule has 0 atom stereocenters. The molecule has 3 aromatic carbocycles. The fourth-order valence-corrected chi connectivity index (χ4v) is 3.52. The molecule has 6 nitrogen and oxygen atoms in total. The Bertz CT molecular complexity index is 1300. The van der Waals surface area contributed by atoms with Crippen molar-refractivity contribution in [3.05, 3.63) is 83.4 Å². The normalized spacial score (nSPS) is 10.9. The molecule has 0 spiro atoms. The number of methoxy groups -OCH3 is 1. The summed E-state index contributed by atoms with van der Waals surface area (Å²) in [7, 11) is 1.56. The van der Waals surface area contributed by atoms with Crippen LogP contribution < -0.4 is 15.4 Å². The van der Waals surface area contributed by atoms with Gasteiger partial charge >= 0.3 is 0 Å². The summed E-state index contributed by atoms with van der Waals surface area (Å²) in [6.45, 7) is 4.79. The van der Waals surface area contributed by atoms with E-state index in [0.717, 1.165) is 22.2 Å². The van der Waals surface area contributed by atoms with Crippen LogP contribution >= 0.6 is 12.2 Å². The number of hydrogen-bond acceptors (Lipinski definition) is 5. The SMILES string of the molecule is COc1cccc(C(=O)NC(=S)NCc2ccc(-c3nc4cc(C(C)C)ccc4o3)cc2)c1. The van der Waals surface area contributed by atoms with Crippen LogP contribution in [0.2, 0.25) is 0 Å². The zero-order valence-corrected chi connectivity index (χ0v) is 19.5. The Balaban J connectivity index is 1.36. The van der Waals surface area contributed by atoms with Crippen LogP contribution in [-0.2, 0) is 6.54 Å². The highest BCUT2D eigenvalue weighted by Crippen LogP contribution is 2.27. The Morgan fingerprint density at radius 2 is 1.88 bits per heavy atom. The van der Waals surface area contributed by atoms with Gasteiger partial charge in [-0.2, -0.15) is 0 Å². The van der Waals surface area contributed by atoms with Gasteiger partial charge in [0, 0.05) is 17.7 Å². The molecule has 0 aliphatic rings. The number of aromatic nitrogens is 1. The molecule has 7 heteroatoms. The minimum Gasteiger partial charge on any atom is -0.497 e. The van der Waals surface area contributed by atoms with Gasteiger partial charge in [0.25, 0.3) is 5.91 Å². The van der Waals surface area contributed by atoms with Crippen LogP contribution in [0.3, 0.4) is 0 Å². The number of benzene rings is 3. The quantitative estimate of drug-likeness (QED) is 0.375. The largest absolute Gasteiger partial charge is 0.497 e. The molecule has 0 bridgehead atoms. The Labute approximate surface area is 198 Å². The van der Waals surface area contributed by atoms with E-state index < -0.39 is 0 Å². The molecule has 0 saturated heterocycles. The Morgan fingerprint density at radius 1 is 1.09 bits per heavy atom. The first-order valence-corrected chi connectivity index (χ1v) is 11.1. The van der Waals surface area contributed by atoms with Crippen molar-refractivity contribution in [1.29, 1.82) is 0 Å². The summed E-state index contributed by atoms with van der Waals surface area (Å²) >= 11 is 5.26. The molecule has 0 radical (unpaired) electrons. The summed E-state index contributed by atoms with van der Waals surface area (Å²) in [5.74, 6) is 1.35. The third kappa shape index (κ3) is 5.38. The van der Waals surface area contributed by atoms with E-state index >= 15 is 0 Å². The van der Waals surface area contributed by atoms with Gasteiger partial charge in [-0.05, 0) is 71.7 Å². The number of amides is 1. The molecule has 2 N–H and O–H groups in total. The second-order valence-corrected chi connectivity index (χ2v) is 8.37. The standard InChI is InChI=1S/C26H25N3O3S/c1-16(2)19-11-12-23-22(14-19)28-25(32-23)18-9-7-17(8-10-18)15-27-26(33)29-24(30)20-5-4-6-21(13-20)31-3/h4-14,16H,15H2,1-3H3,(H2,27,29,30,33). The van der Waals surface area contributed by atoms with Gasteiger partial charge in [-0.15, -0.1) is 0 Å². The summed E-state index contributed by atoms with van der Waals surface area (Å²) in [5.41, 5.74) is 5.25. The average Bonchev–Trinajstić information content (AvgIpc) is 3.26. The third-order valence-electron chi connectivity index (χ3n) is 5.29. The molecule has 1 amide bonds. The highest BCUT2D eigenvalue weighted by molar-refractivity contribution is 7.80. The van der Waals surface area contributed by atoms with Crippen molar-refractivity contribution < 1.29 is 13.9 Å². The van der Waals surface area contributed by atoms with Crippen LogP contribution in [0.1, 0.15) is 41.3 Å². The molecule has 1 heterocycles. The lowest BCUT2D eigenvalue weighted by atomic mass is 10.0. The van der Waals surface area contributed by atoms with Crippen molar-refractivity contribution in [2.45, 2.75) is 26.3 Å². The van der Waals surface area contributed by atoms with Crippen molar-refractivity contribution in [2.24, 2.45) is 0 Å². The molecule has 0 unspecified atom stereocenters.